The van der Waals surface area contributed by atoms with Crippen LogP contribution >= 0.6 is 23.1 Å². The zero-order valence-electron chi connectivity index (χ0n) is 18.9. The van der Waals surface area contributed by atoms with E-state index in [0.717, 1.165) is 44.0 Å². The topological polar surface area (TPSA) is 108 Å². The van der Waals surface area contributed by atoms with Gasteiger partial charge in [-0.05, 0) is 38.3 Å². The number of carbonyl (C=O) groups is 2. The predicted octanol–water partition coefficient (Wildman–Crippen LogP) is 2.57. The van der Waals surface area contributed by atoms with Crippen molar-refractivity contribution in [1.29, 1.82) is 0 Å². The first kappa shape index (κ1) is 24.0. The summed E-state index contributed by atoms with van der Waals surface area (Å²) in [5.41, 5.74) is 0.785. The molecule has 4 rings (SSSR count). The molecule has 2 saturated heterocycles. The van der Waals surface area contributed by atoms with Crippen molar-refractivity contribution in [2.24, 2.45) is 0 Å². The Morgan fingerprint density at radius 1 is 1.30 bits per heavy atom. The van der Waals surface area contributed by atoms with E-state index in [1.54, 1.807) is 13.0 Å². The summed E-state index contributed by atoms with van der Waals surface area (Å²) >= 11 is 2.57. The summed E-state index contributed by atoms with van der Waals surface area (Å²) in [6.45, 7) is 8.18. The molecule has 0 radical (unpaired) electrons. The molecule has 2 aromatic rings. The third kappa shape index (κ3) is 6.05. The van der Waals surface area contributed by atoms with E-state index in [1.807, 2.05) is 6.92 Å². The Morgan fingerprint density at radius 2 is 2.12 bits per heavy atom. The molecule has 0 bridgehead atoms. The molecule has 0 saturated carbocycles. The predicted molar refractivity (Wildman–Crippen MR) is 126 cm³/mol. The van der Waals surface area contributed by atoms with Crippen LogP contribution in [0.3, 0.4) is 0 Å². The van der Waals surface area contributed by atoms with Crippen molar-refractivity contribution >= 4 is 45.9 Å². The summed E-state index contributed by atoms with van der Waals surface area (Å²) in [6.07, 6.45) is 2.19. The minimum atomic E-state index is -0.368. The third-order valence-electron chi connectivity index (χ3n) is 5.38. The van der Waals surface area contributed by atoms with Crippen molar-refractivity contribution in [2.75, 3.05) is 55.5 Å². The van der Waals surface area contributed by atoms with Crippen LogP contribution in [0.15, 0.2) is 11.2 Å². The first-order valence-electron chi connectivity index (χ1n) is 11.1. The largest absolute Gasteiger partial charge is 0.462 e. The summed E-state index contributed by atoms with van der Waals surface area (Å²) in [5, 5.41) is 13.0. The molecule has 0 aromatic carbocycles. The molecule has 12 heteroatoms. The van der Waals surface area contributed by atoms with Gasteiger partial charge in [-0.2, -0.15) is 0 Å². The van der Waals surface area contributed by atoms with Gasteiger partial charge >= 0.3 is 5.97 Å². The van der Waals surface area contributed by atoms with Crippen LogP contribution in [0.2, 0.25) is 0 Å². The molecule has 2 fully saturated rings. The third-order valence-corrected chi connectivity index (χ3v) is 7.47. The monoisotopic (exact) mass is 495 g/mol. The Hall–Kier alpha value is -2.15. The van der Waals surface area contributed by atoms with Gasteiger partial charge in [0, 0.05) is 19.7 Å². The molecule has 2 aliphatic rings. The minimum Gasteiger partial charge on any atom is -0.462 e. The zero-order valence-corrected chi connectivity index (χ0v) is 20.5. The number of hydrogen-bond acceptors (Lipinski definition) is 10. The molecule has 1 unspecified atom stereocenters. The number of anilines is 2. The number of aromatic nitrogens is 3. The molecule has 1 N–H and O–H groups in total. The van der Waals surface area contributed by atoms with Gasteiger partial charge in [0.2, 0.25) is 11.9 Å². The number of ether oxygens (including phenoxy) is 3. The number of amides is 1. The highest BCUT2D eigenvalue weighted by molar-refractivity contribution is 7.99. The van der Waals surface area contributed by atoms with Crippen LogP contribution in [0.25, 0.3) is 0 Å². The first-order valence-corrected chi connectivity index (χ1v) is 12.9. The van der Waals surface area contributed by atoms with Crippen LogP contribution in [0.5, 0.6) is 0 Å². The van der Waals surface area contributed by atoms with Crippen LogP contribution in [0.1, 0.15) is 35.0 Å². The summed E-state index contributed by atoms with van der Waals surface area (Å²) in [4.78, 5) is 27.3. The maximum Gasteiger partial charge on any atom is 0.348 e. The number of rotatable bonds is 9. The highest BCUT2D eigenvalue weighted by atomic mass is 32.2. The lowest BCUT2D eigenvalue weighted by atomic mass is 10.2. The van der Waals surface area contributed by atoms with Crippen LogP contribution in [-0.4, -0.2) is 78.0 Å². The van der Waals surface area contributed by atoms with Gasteiger partial charge in [-0.3, -0.25) is 9.36 Å². The van der Waals surface area contributed by atoms with Gasteiger partial charge in [-0.1, -0.05) is 11.8 Å². The Bertz CT molecular complexity index is 966. The number of nitrogens with zero attached hydrogens (tertiary/aromatic N) is 4. The lowest BCUT2D eigenvalue weighted by Gasteiger charge is -2.28. The van der Waals surface area contributed by atoms with Crippen molar-refractivity contribution < 1.29 is 23.8 Å². The molecule has 4 heterocycles. The van der Waals surface area contributed by atoms with E-state index in [4.69, 9.17) is 14.2 Å². The van der Waals surface area contributed by atoms with E-state index < -0.39 is 0 Å². The Kier molecular flexibility index (Phi) is 8.23. The fraction of sp³-hybridized carbons (Fsp3) is 0.619. The summed E-state index contributed by atoms with van der Waals surface area (Å²) in [6, 6.07) is 1.79. The smallest absolute Gasteiger partial charge is 0.348 e. The number of morpholine rings is 1. The van der Waals surface area contributed by atoms with E-state index in [-0.39, 0.29) is 23.7 Å². The average Bonchev–Trinajstić information content (AvgIpc) is 3.54. The molecule has 10 nitrogen and oxygen atoms in total. The molecule has 2 aromatic heterocycles. The number of hydrogen-bond donors (Lipinski definition) is 1. The van der Waals surface area contributed by atoms with Crippen molar-refractivity contribution in [1.82, 2.24) is 14.8 Å². The van der Waals surface area contributed by atoms with E-state index in [0.29, 0.717) is 41.4 Å². The fourth-order valence-electron chi connectivity index (χ4n) is 3.78. The van der Waals surface area contributed by atoms with E-state index in [9.17, 15) is 9.59 Å². The molecule has 2 aliphatic heterocycles. The maximum atomic E-state index is 12.6. The highest BCUT2D eigenvalue weighted by Gasteiger charge is 2.25. The molecule has 1 atom stereocenters. The lowest BCUT2D eigenvalue weighted by molar-refractivity contribution is -0.113. The van der Waals surface area contributed by atoms with E-state index in [2.05, 4.69) is 25.0 Å². The lowest BCUT2D eigenvalue weighted by Crippen LogP contribution is -2.38. The number of thioether (sulfide) groups is 1. The number of carbonyl (C=O) groups excluding carboxylic acids is 2. The molecule has 33 heavy (non-hydrogen) atoms. The number of thiophene rings is 1. The van der Waals surface area contributed by atoms with Gasteiger partial charge in [-0.15, -0.1) is 21.5 Å². The van der Waals surface area contributed by atoms with Gasteiger partial charge in [0.05, 0.1) is 43.2 Å². The van der Waals surface area contributed by atoms with Crippen molar-refractivity contribution in [3.05, 3.63) is 16.5 Å². The Labute approximate surface area is 201 Å². The number of esters is 1. The van der Waals surface area contributed by atoms with Crippen molar-refractivity contribution in [3.63, 3.8) is 0 Å². The quantitative estimate of drug-likeness (QED) is 0.415. The first-order chi connectivity index (χ1) is 16.0. The molecule has 1 amide bonds. The standard InChI is InChI=1S/C21H29N5O5S2/c1-3-30-19(28)18-14(2)11-17(33-18)22-16(27)13-32-21-24-23-20(25-6-9-29-10-7-25)26(21)12-15-5-4-8-31-15/h11,15H,3-10,12-13H2,1-2H3,(H,22,27). The van der Waals surface area contributed by atoms with E-state index in [1.165, 1.54) is 23.1 Å². The van der Waals surface area contributed by atoms with Gasteiger partial charge in [0.15, 0.2) is 5.16 Å². The summed E-state index contributed by atoms with van der Waals surface area (Å²) in [5.74, 6) is 0.437. The normalized spacial score (nSPS) is 18.5. The molecule has 0 aliphatic carbocycles. The highest BCUT2D eigenvalue weighted by Crippen LogP contribution is 2.29. The second-order valence-corrected chi connectivity index (χ2v) is 9.80. The number of aryl methyl sites for hydroxylation is 1. The van der Waals surface area contributed by atoms with Gasteiger partial charge < -0.3 is 24.4 Å². The van der Waals surface area contributed by atoms with Crippen LogP contribution in [0.4, 0.5) is 10.9 Å². The molecule has 180 valence electrons. The fourth-order valence-corrected chi connectivity index (χ4v) is 5.51. The molecular weight excluding hydrogens is 466 g/mol. The Balaban J connectivity index is 1.41. The summed E-state index contributed by atoms with van der Waals surface area (Å²) < 4.78 is 18.4. The summed E-state index contributed by atoms with van der Waals surface area (Å²) in [7, 11) is 0. The van der Waals surface area contributed by atoms with Gasteiger partial charge in [0.1, 0.15) is 4.88 Å². The van der Waals surface area contributed by atoms with Crippen LogP contribution in [-0.2, 0) is 25.5 Å². The van der Waals surface area contributed by atoms with Crippen LogP contribution in [0, 0.1) is 6.92 Å². The maximum absolute atomic E-state index is 12.6. The van der Waals surface area contributed by atoms with Crippen molar-refractivity contribution in [3.8, 4) is 0 Å². The van der Waals surface area contributed by atoms with Gasteiger partial charge in [-0.25, -0.2) is 4.79 Å². The minimum absolute atomic E-state index is 0.129. The number of nitrogens with one attached hydrogen (secondary N) is 1. The molecule has 0 spiro atoms. The second kappa shape index (κ2) is 11.3. The SMILES string of the molecule is CCOC(=O)c1sc(NC(=O)CSc2nnc(N3CCOCC3)n2CC2CCCO2)cc1C. The van der Waals surface area contributed by atoms with Crippen molar-refractivity contribution in [2.45, 2.75) is 44.5 Å². The van der Waals surface area contributed by atoms with Gasteiger partial charge in [0.25, 0.3) is 0 Å². The van der Waals surface area contributed by atoms with E-state index >= 15 is 0 Å². The average molecular weight is 496 g/mol. The second-order valence-electron chi connectivity index (χ2n) is 7.81. The zero-order chi connectivity index (χ0) is 23.2. The Morgan fingerprint density at radius 3 is 2.85 bits per heavy atom. The van der Waals surface area contributed by atoms with Crippen LogP contribution < -0.4 is 10.2 Å². The molecular formula is C21H29N5O5S2.